The van der Waals surface area contributed by atoms with Gasteiger partial charge in [-0.3, -0.25) is 0 Å². The number of thioether (sulfide) groups is 1. The maximum atomic E-state index is 9.16. The van der Waals surface area contributed by atoms with Crippen LogP contribution >= 0.6 is 11.8 Å². The highest BCUT2D eigenvalue weighted by molar-refractivity contribution is 8.03. The van der Waals surface area contributed by atoms with Gasteiger partial charge in [0.05, 0.1) is 24.2 Å². The molecule has 0 bridgehead atoms. The smallest absolute Gasteiger partial charge is 0.303 e. The minimum absolute atomic E-state index is 0.477. The van der Waals surface area contributed by atoms with Crippen LogP contribution in [0.3, 0.4) is 0 Å². The second-order valence-electron chi connectivity index (χ2n) is 5.14. The summed E-state index contributed by atoms with van der Waals surface area (Å²) in [5.74, 6) is 1.52. The Balaban J connectivity index is 2.34. The average molecular weight is 330 g/mol. The lowest BCUT2D eigenvalue weighted by Gasteiger charge is -2.20. The molecule has 122 valence electrons. The zero-order valence-corrected chi connectivity index (χ0v) is 14.4. The Morgan fingerprint density at radius 2 is 1.78 bits per heavy atom. The first-order chi connectivity index (χ1) is 11.3. The second kappa shape index (κ2) is 9.23. The molecule has 2 rings (SSSR count). The molecule has 1 aliphatic carbocycles. The van der Waals surface area contributed by atoms with Crippen LogP contribution in [-0.2, 0) is 9.47 Å². The molecule has 0 fully saturated rings. The van der Waals surface area contributed by atoms with Gasteiger partial charge in [-0.15, -0.1) is 0 Å². The Bertz CT molecular complexity index is 632. The van der Waals surface area contributed by atoms with Crippen molar-refractivity contribution < 1.29 is 14.3 Å². The van der Waals surface area contributed by atoms with E-state index in [9.17, 15) is 0 Å². The van der Waals surface area contributed by atoms with Crippen molar-refractivity contribution in [2.24, 2.45) is 0 Å². The minimum atomic E-state index is 0.477. The third-order valence-corrected chi connectivity index (χ3v) is 4.29. The highest BCUT2D eigenvalue weighted by Gasteiger charge is 2.27. The Hall–Kier alpha value is -1.97. The van der Waals surface area contributed by atoms with Crippen LogP contribution in [0, 0.1) is 0 Å². The molecule has 0 spiro atoms. The summed E-state index contributed by atoms with van der Waals surface area (Å²) in [6.45, 7) is 5.38. The van der Waals surface area contributed by atoms with E-state index in [4.69, 9.17) is 15.0 Å². The standard InChI is InChI=1S/C18H22N2O2S/c1-3-10-21-16-12-14(20-19)13-17(22-11-4-2)18(16)23-15-8-6-5-7-9-15/h5-9,12H,3-4,10-11,13H2,1-2H3. The van der Waals surface area contributed by atoms with Crippen LogP contribution in [0.1, 0.15) is 33.1 Å². The molecule has 0 amide bonds. The first-order valence-electron chi connectivity index (χ1n) is 7.93. The molecular weight excluding hydrogens is 308 g/mol. The third kappa shape index (κ3) is 5.02. The normalized spacial score (nSPS) is 14.3. The Labute approximate surface area is 141 Å². The first kappa shape index (κ1) is 17.4. The van der Waals surface area contributed by atoms with Gasteiger partial charge in [0.15, 0.2) is 0 Å². The summed E-state index contributed by atoms with van der Waals surface area (Å²) < 4.78 is 11.8. The minimum Gasteiger partial charge on any atom is -0.496 e. The molecular formula is C18H22N2O2S. The summed E-state index contributed by atoms with van der Waals surface area (Å²) in [7, 11) is 0. The number of ether oxygens (including phenoxy) is 2. The van der Waals surface area contributed by atoms with Gasteiger partial charge in [-0.25, -0.2) is 0 Å². The van der Waals surface area contributed by atoms with Crippen molar-refractivity contribution in [2.45, 2.75) is 38.0 Å². The zero-order valence-electron chi connectivity index (χ0n) is 13.6. The SMILES string of the molecule is CCCOC1=CC(=[N+]=[N-])CC(OCCC)=C1Sc1ccccc1. The maximum Gasteiger partial charge on any atom is 0.303 e. The summed E-state index contributed by atoms with van der Waals surface area (Å²) in [6.07, 6.45) is 4.11. The Morgan fingerprint density at radius 3 is 2.43 bits per heavy atom. The quantitative estimate of drug-likeness (QED) is 0.508. The molecule has 0 saturated heterocycles. The van der Waals surface area contributed by atoms with Crippen molar-refractivity contribution in [1.82, 2.24) is 0 Å². The molecule has 0 aliphatic heterocycles. The van der Waals surface area contributed by atoms with E-state index in [1.54, 1.807) is 17.8 Å². The molecule has 4 nitrogen and oxygen atoms in total. The summed E-state index contributed by atoms with van der Waals surface area (Å²) in [5.41, 5.74) is 9.71. The van der Waals surface area contributed by atoms with Gasteiger partial charge in [-0.05, 0) is 25.0 Å². The second-order valence-corrected chi connectivity index (χ2v) is 6.22. The van der Waals surface area contributed by atoms with Crippen molar-refractivity contribution >= 4 is 17.5 Å². The topological polar surface area (TPSA) is 54.9 Å². The third-order valence-electron chi connectivity index (χ3n) is 3.15. The summed E-state index contributed by atoms with van der Waals surface area (Å²) in [6, 6.07) is 10.1. The van der Waals surface area contributed by atoms with Gasteiger partial charge in [-0.1, -0.05) is 43.8 Å². The van der Waals surface area contributed by atoms with Crippen molar-refractivity contribution in [3.05, 3.63) is 58.4 Å². The number of rotatable bonds is 8. The number of hydrogen-bond acceptors (Lipinski definition) is 3. The fourth-order valence-electron chi connectivity index (χ4n) is 2.09. The molecule has 0 radical (unpaired) electrons. The van der Waals surface area contributed by atoms with Crippen molar-refractivity contribution in [2.75, 3.05) is 13.2 Å². The van der Waals surface area contributed by atoms with Crippen LogP contribution in [0.25, 0.3) is 5.53 Å². The monoisotopic (exact) mass is 330 g/mol. The van der Waals surface area contributed by atoms with Crippen LogP contribution in [0.2, 0.25) is 0 Å². The fraction of sp³-hybridized carbons (Fsp3) is 0.389. The average Bonchev–Trinajstić information content (AvgIpc) is 2.60. The number of nitrogens with zero attached hydrogens (tertiary/aromatic N) is 2. The van der Waals surface area contributed by atoms with Crippen molar-refractivity contribution in [1.29, 1.82) is 0 Å². The highest BCUT2D eigenvalue weighted by Crippen LogP contribution is 2.38. The first-order valence-corrected chi connectivity index (χ1v) is 8.74. The molecule has 23 heavy (non-hydrogen) atoms. The molecule has 0 aromatic heterocycles. The molecule has 1 aromatic carbocycles. The summed E-state index contributed by atoms with van der Waals surface area (Å²) >= 11 is 1.62. The van der Waals surface area contributed by atoms with Crippen molar-refractivity contribution in [3.63, 3.8) is 0 Å². The van der Waals surface area contributed by atoms with Gasteiger partial charge >= 0.3 is 5.71 Å². The van der Waals surface area contributed by atoms with Crippen LogP contribution in [0.5, 0.6) is 0 Å². The van der Waals surface area contributed by atoms with Crippen molar-refractivity contribution in [3.8, 4) is 0 Å². The lowest BCUT2D eigenvalue weighted by atomic mass is 10.1. The van der Waals surface area contributed by atoms with Gasteiger partial charge in [0.2, 0.25) is 0 Å². The van der Waals surface area contributed by atoms with E-state index >= 15 is 0 Å². The molecule has 5 heteroatoms. The molecule has 0 N–H and O–H groups in total. The fourth-order valence-corrected chi connectivity index (χ4v) is 3.08. The Kier molecular flexibility index (Phi) is 6.98. The molecule has 0 heterocycles. The maximum absolute atomic E-state index is 9.16. The van der Waals surface area contributed by atoms with E-state index in [0.29, 0.717) is 31.1 Å². The van der Waals surface area contributed by atoms with Gasteiger partial charge in [0.1, 0.15) is 17.9 Å². The van der Waals surface area contributed by atoms with Gasteiger partial charge < -0.3 is 15.0 Å². The molecule has 0 saturated carbocycles. The van der Waals surface area contributed by atoms with Crippen LogP contribution in [0.4, 0.5) is 0 Å². The largest absolute Gasteiger partial charge is 0.496 e. The number of allylic oxidation sites excluding steroid dienone is 2. The van der Waals surface area contributed by atoms with Crippen LogP contribution < -0.4 is 0 Å². The number of benzene rings is 1. The molecule has 0 unspecified atom stereocenters. The van der Waals surface area contributed by atoms with Crippen LogP contribution in [-0.4, -0.2) is 23.7 Å². The van der Waals surface area contributed by atoms with E-state index in [1.165, 1.54) is 0 Å². The number of hydrogen-bond donors (Lipinski definition) is 0. The summed E-state index contributed by atoms with van der Waals surface area (Å²) in [5, 5.41) is 0. The highest BCUT2D eigenvalue weighted by atomic mass is 32.2. The van der Waals surface area contributed by atoms with Gasteiger partial charge in [-0.2, -0.15) is 4.79 Å². The van der Waals surface area contributed by atoms with E-state index in [2.05, 4.69) is 30.8 Å². The van der Waals surface area contributed by atoms with Crippen LogP contribution in [0.15, 0.2) is 57.7 Å². The predicted molar refractivity (Wildman–Crippen MR) is 93.1 cm³/mol. The van der Waals surface area contributed by atoms with Gasteiger partial charge in [0.25, 0.3) is 0 Å². The summed E-state index contributed by atoms with van der Waals surface area (Å²) in [4.78, 5) is 5.43. The molecule has 1 aromatic rings. The van der Waals surface area contributed by atoms with E-state index in [0.717, 1.165) is 28.4 Å². The lowest BCUT2D eigenvalue weighted by molar-refractivity contribution is -0.00743. The molecule has 1 aliphatic rings. The van der Waals surface area contributed by atoms with E-state index in [1.807, 2.05) is 18.2 Å². The van der Waals surface area contributed by atoms with Gasteiger partial charge in [0, 0.05) is 4.90 Å². The molecule has 0 atom stereocenters. The lowest BCUT2D eigenvalue weighted by Crippen LogP contribution is -2.13. The van der Waals surface area contributed by atoms with E-state index in [-0.39, 0.29) is 0 Å². The Morgan fingerprint density at radius 1 is 1.09 bits per heavy atom. The van der Waals surface area contributed by atoms with E-state index < -0.39 is 0 Å². The predicted octanol–water partition coefficient (Wildman–Crippen LogP) is 4.80. The zero-order chi connectivity index (χ0) is 16.5.